The standard InChI is InChI=1S/C54H71N7O15S2.Gd/c1-78-24-15-38(53(74)55-29-42(62)27-39(54(75)76)5-2-3-16-61-46(64)12-13-47(61)65)28-45(63)44-7-4-6-40-30-60(17-14-43(40)44)48(77)26-37-10-8-36(9-11-37)25-41-31-58(34-51(70)71)21-20-56(32-49(66)67)18-19-57(33-50(68)69)22-23-59(41)35-52(72)73;/h4,6-13,38-39,41H,2-3,5,14-35H2,1H3,(H,55,74)(H,66,67)(H,68,69)(H,70,71)(H,72,73)(H,75,76);/t38-,39-,41?;/m1./s1. The number of hydrogen-bond donors (Lipinski definition) is 6. The van der Waals surface area contributed by atoms with Crippen LogP contribution < -0.4 is 5.32 Å². The first-order valence-electron chi connectivity index (χ1n) is 26.0. The fourth-order valence-electron chi connectivity index (χ4n) is 10.0. The van der Waals surface area contributed by atoms with E-state index in [0.29, 0.717) is 67.9 Å². The molecule has 6 N–H and O–H groups in total. The third kappa shape index (κ3) is 22.4. The maximum absolute atomic E-state index is 14.0. The Labute approximate surface area is 500 Å². The zero-order valence-electron chi connectivity index (χ0n) is 44.3. The number of carbonyl (C=O) groups excluding carboxylic acids is 5. The van der Waals surface area contributed by atoms with Crippen LogP contribution in [0.15, 0.2) is 54.6 Å². The van der Waals surface area contributed by atoms with Crippen molar-refractivity contribution in [1.82, 2.24) is 34.7 Å². The molecule has 3 aliphatic rings. The quantitative estimate of drug-likeness (QED) is 0.0293. The Bertz CT molecular complexity index is 2540. The van der Waals surface area contributed by atoms with Crippen molar-refractivity contribution in [1.29, 1.82) is 0 Å². The Morgan fingerprint density at radius 2 is 1.28 bits per heavy atom. The predicted octanol–water partition coefficient (Wildman–Crippen LogP) is 1.90. The Morgan fingerprint density at radius 1 is 0.696 bits per heavy atom. The molecule has 1 saturated heterocycles. The Hall–Kier alpha value is -5.12. The molecule has 22 nitrogen and oxygen atoms in total. The van der Waals surface area contributed by atoms with Crippen molar-refractivity contribution in [2.24, 2.45) is 11.8 Å². The van der Waals surface area contributed by atoms with E-state index in [1.54, 1.807) is 31.7 Å². The third-order valence-electron chi connectivity index (χ3n) is 14.2. The van der Waals surface area contributed by atoms with E-state index in [-0.39, 0.29) is 144 Å². The number of carboxylic acid groups (broad SMARTS) is 5. The molecule has 79 heavy (non-hydrogen) atoms. The second-order valence-corrected chi connectivity index (χ2v) is 21.4. The normalized spacial score (nSPS) is 17.6. The van der Waals surface area contributed by atoms with Gasteiger partial charge in [0, 0.05) is 154 Å². The number of rotatable bonds is 29. The molecule has 0 radical (unpaired) electrons. The van der Waals surface area contributed by atoms with E-state index in [1.807, 2.05) is 36.6 Å². The molecule has 0 bridgehead atoms. The summed E-state index contributed by atoms with van der Waals surface area (Å²) >= 11 is 7.49. The van der Waals surface area contributed by atoms with Crippen molar-refractivity contribution in [3.05, 3.63) is 82.4 Å². The van der Waals surface area contributed by atoms with Gasteiger partial charge in [-0.3, -0.25) is 72.4 Å². The number of nitrogens with zero attached hydrogens (tertiary/aromatic N) is 6. The summed E-state index contributed by atoms with van der Waals surface area (Å²) in [4.78, 5) is 134. The van der Waals surface area contributed by atoms with Crippen molar-refractivity contribution in [2.75, 3.05) is 104 Å². The van der Waals surface area contributed by atoms with E-state index in [2.05, 4.69) is 10.2 Å². The minimum absolute atomic E-state index is 0. The van der Waals surface area contributed by atoms with Crippen molar-refractivity contribution < 1.29 is 113 Å². The number of Topliss-reactive ketones (excluding diaryl/α,β-unsaturated/α-hetero) is 2. The van der Waals surface area contributed by atoms with Crippen LogP contribution in [0.25, 0.3) is 0 Å². The van der Waals surface area contributed by atoms with Gasteiger partial charge in [0.25, 0.3) is 11.8 Å². The molecule has 1 fully saturated rings. The molecule has 0 aromatic heterocycles. The summed E-state index contributed by atoms with van der Waals surface area (Å²) in [6.07, 6.45) is 6.35. The Balaban J connectivity index is 0.0000134. The van der Waals surface area contributed by atoms with Crippen LogP contribution in [0.2, 0.25) is 0 Å². The number of fused-ring (bicyclic) bond motifs is 1. The summed E-state index contributed by atoms with van der Waals surface area (Å²) in [5.74, 6) is -8.70. The molecule has 0 aliphatic carbocycles. The fraction of sp³-hybridized carbons (Fsp3) is 0.537. The number of amides is 3. The Kier molecular flexibility index (Phi) is 28.2. The monoisotopic (exact) mass is 1280 g/mol. The minimum Gasteiger partial charge on any atom is -0.481 e. The summed E-state index contributed by atoms with van der Waals surface area (Å²) in [5, 5.41) is 51.4. The number of benzene rings is 2. The molecule has 1 unspecified atom stereocenters. The molecule has 5 rings (SSSR count). The second-order valence-electron chi connectivity index (χ2n) is 20.0. The van der Waals surface area contributed by atoms with Gasteiger partial charge in [0.15, 0.2) is 11.6 Å². The van der Waals surface area contributed by atoms with Crippen LogP contribution in [0.5, 0.6) is 0 Å². The Morgan fingerprint density at radius 3 is 1.87 bits per heavy atom. The average molecular weight is 1280 g/mol. The number of imide groups is 1. The summed E-state index contributed by atoms with van der Waals surface area (Å²) in [5.41, 5.74) is 4.06. The van der Waals surface area contributed by atoms with Gasteiger partial charge >= 0.3 is 29.8 Å². The van der Waals surface area contributed by atoms with Gasteiger partial charge in [-0.05, 0) is 66.4 Å². The molecule has 3 amide bonds. The molecule has 3 atom stereocenters. The van der Waals surface area contributed by atoms with Crippen LogP contribution in [0.4, 0.5) is 0 Å². The number of aliphatic carboxylic acids is 5. The first-order valence-corrected chi connectivity index (χ1v) is 27.8. The first kappa shape index (κ1) is 66.4. The number of hydrogen-bond acceptors (Lipinski definition) is 16. The topological polar surface area (TPSA) is 303 Å². The summed E-state index contributed by atoms with van der Waals surface area (Å²) in [6, 6.07) is 12.7. The number of unbranched alkanes of at least 4 members (excludes halogenated alkanes) is 1. The number of ketones is 2. The number of carbonyl (C=O) groups is 10. The summed E-state index contributed by atoms with van der Waals surface area (Å²) < 4.78 is 0. The molecular formula is C54H71GdN7O15S2. The van der Waals surface area contributed by atoms with Gasteiger partial charge in [0.2, 0.25) is 5.91 Å². The van der Waals surface area contributed by atoms with Crippen molar-refractivity contribution >= 4 is 88.1 Å². The average Bonchev–Trinajstić information content (AvgIpc) is 3.71. The molecule has 25 heteroatoms. The zero-order valence-corrected chi connectivity index (χ0v) is 48.2. The second kappa shape index (κ2) is 33.6. The maximum Gasteiger partial charge on any atom is 0.317 e. The fourth-order valence-corrected chi connectivity index (χ4v) is 10.9. The van der Waals surface area contributed by atoms with Crippen LogP contribution in [-0.4, -0.2) is 229 Å². The van der Waals surface area contributed by atoms with Gasteiger partial charge in [-0.15, -0.1) is 0 Å². The van der Waals surface area contributed by atoms with Crippen LogP contribution in [0.3, 0.4) is 0 Å². The van der Waals surface area contributed by atoms with E-state index >= 15 is 0 Å². The smallest absolute Gasteiger partial charge is 0.317 e. The van der Waals surface area contributed by atoms with E-state index in [1.165, 1.54) is 23.9 Å². The molecule has 0 saturated carbocycles. The van der Waals surface area contributed by atoms with Crippen molar-refractivity contribution in [2.45, 2.75) is 70.4 Å². The van der Waals surface area contributed by atoms with Gasteiger partial charge in [-0.25, -0.2) is 0 Å². The first-order chi connectivity index (χ1) is 37.2. The molecule has 0 spiro atoms. The molecule has 3 heterocycles. The van der Waals surface area contributed by atoms with Gasteiger partial charge in [0.1, 0.15) is 0 Å². The van der Waals surface area contributed by atoms with Crippen LogP contribution in [0, 0.1) is 51.8 Å². The van der Waals surface area contributed by atoms with Crippen molar-refractivity contribution in [3.8, 4) is 0 Å². The zero-order chi connectivity index (χ0) is 56.9. The number of nitrogens with one attached hydrogen (secondary N) is 1. The van der Waals surface area contributed by atoms with Crippen LogP contribution in [0.1, 0.15) is 71.1 Å². The van der Waals surface area contributed by atoms with Crippen LogP contribution >= 0.6 is 24.0 Å². The maximum atomic E-state index is 14.0. The van der Waals surface area contributed by atoms with Crippen LogP contribution in [-0.2, 0) is 69.0 Å². The summed E-state index contributed by atoms with van der Waals surface area (Å²) in [6.45, 7) is 0.596. The van der Waals surface area contributed by atoms with E-state index in [0.717, 1.165) is 27.2 Å². The minimum atomic E-state index is -1.16. The number of thioether (sulfide) groups is 1. The molecular weight excluding hydrogens is 1210 g/mol. The molecule has 2 aromatic carbocycles. The molecule has 432 valence electrons. The largest absolute Gasteiger partial charge is 0.481 e. The van der Waals surface area contributed by atoms with E-state index < -0.39 is 77.8 Å². The van der Waals surface area contributed by atoms with Gasteiger partial charge < -0.3 is 35.7 Å². The SMILES string of the molecule is CSCC[C@H](CC(=O)c1cccc2c1CCN(C(=S)Cc1ccc(CC3CN(CC(=O)O)CCN(CC(=O)O)CCN(CC(=O)O)CCN3CC(=O)O)cc1)C2)C(=O)NCC(=O)C[C@@H](CCCCN1C(=O)C=CC1=O)C(=O)O.[Gd]. The predicted molar refractivity (Wildman–Crippen MR) is 291 cm³/mol. The number of carboxylic acids is 5. The van der Waals surface area contributed by atoms with Gasteiger partial charge in [-0.2, -0.15) is 11.8 Å². The van der Waals surface area contributed by atoms with E-state index in [4.69, 9.17) is 12.2 Å². The van der Waals surface area contributed by atoms with E-state index in [9.17, 15) is 73.5 Å². The summed E-state index contributed by atoms with van der Waals surface area (Å²) in [7, 11) is 0. The van der Waals surface area contributed by atoms with Crippen molar-refractivity contribution in [3.63, 3.8) is 0 Å². The van der Waals surface area contributed by atoms with Gasteiger partial charge in [0.05, 0.1) is 43.6 Å². The molecule has 2 aromatic rings. The molecule has 3 aliphatic heterocycles. The third-order valence-corrected chi connectivity index (χ3v) is 15.2. The number of thiocarbonyl (C=S) groups is 1. The van der Waals surface area contributed by atoms with Gasteiger partial charge in [-0.1, -0.05) is 61.1 Å².